The Hall–Kier alpha value is -1.93. The van der Waals surface area contributed by atoms with Crippen LogP contribution in [-0.4, -0.2) is 80.8 Å². The zero-order valence-electron chi connectivity index (χ0n) is 18.9. The highest BCUT2D eigenvalue weighted by Crippen LogP contribution is 2.64. The number of likely N-dealkylation sites (tertiary alicyclic amines) is 1. The number of fused-ring (bicyclic) bond motifs is 1. The fourth-order valence-corrected chi connectivity index (χ4v) is 6.04. The van der Waals surface area contributed by atoms with E-state index in [1.54, 1.807) is 15.9 Å². The number of carbonyl (C=O) groups excluding carboxylic acids is 2. The maximum absolute atomic E-state index is 13.8. The van der Waals surface area contributed by atoms with Crippen molar-refractivity contribution in [3.63, 3.8) is 0 Å². The highest BCUT2D eigenvalue weighted by molar-refractivity contribution is 5.98. The minimum Gasteiger partial charge on any atom is -0.481 e. The van der Waals surface area contributed by atoms with Gasteiger partial charge in [-0.2, -0.15) is 0 Å². The van der Waals surface area contributed by atoms with Gasteiger partial charge in [-0.15, -0.1) is 6.58 Å². The summed E-state index contributed by atoms with van der Waals surface area (Å²) in [4.78, 5) is 43.0. The third-order valence-corrected chi connectivity index (χ3v) is 7.47. The molecule has 2 unspecified atom stereocenters. The van der Waals surface area contributed by atoms with Crippen molar-refractivity contribution in [2.75, 3.05) is 19.7 Å². The number of carbonyl (C=O) groups is 3. The van der Waals surface area contributed by atoms with E-state index in [2.05, 4.69) is 6.58 Å². The monoisotopic (exact) mass is 436 g/mol. The standard InChI is InChI=1S/C23H36N2O6/c1-5-12-24(15(3)4)20(28)18-23-11-10-22(6-2,31-23)17(21(29)30)16(23)19(27)25(18)13-8-7-9-14-26/h5,15-18,26H,1,6-14H2,2-4H3,(H,29,30)/t16-,17-,18?,22+,23?/m0/s1. The highest BCUT2D eigenvalue weighted by atomic mass is 16.5. The maximum atomic E-state index is 13.8. The molecule has 0 aromatic rings. The second-order valence-corrected chi connectivity index (χ2v) is 9.36. The van der Waals surface area contributed by atoms with E-state index in [0.29, 0.717) is 45.2 Å². The summed E-state index contributed by atoms with van der Waals surface area (Å²) in [6, 6.07) is -0.930. The number of hydrogen-bond donors (Lipinski definition) is 2. The van der Waals surface area contributed by atoms with Gasteiger partial charge in [-0.05, 0) is 52.4 Å². The summed E-state index contributed by atoms with van der Waals surface area (Å²) < 4.78 is 6.51. The molecular formula is C23H36N2O6. The van der Waals surface area contributed by atoms with Crippen molar-refractivity contribution < 1.29 is 29.3 Å². The normalized spacial score (nSPS) is 33.8. The number of aliphatic carboxylic acids is 1. The molecule has 0 aliphatic carbocycles. The molecule has 3 heterocycles. The Kier molecular flexibility index (Phi) is 6.81. The lowest BCUT2D eigenvalue weighted by Gasteiger charge is -2.38. The lowest BCUT2D eigenvalue weighted by atomic mass is 9.65. The molecule has 31 heavy (non-hydrogen) atoms. The molecule has 2 bridgehead atoms. The molecule has 0 aromatic heterocycles. The van der Waals surface area contributed by atoms with E-state index in [1.165, 1.54) is 0 Å². The summed E-state index contributed by atoms with van der Waals surface area (Å²) in [7, 11) is 0. The molecule has 2 N–H and O–H groups in total. The first-order chi connectivity index (χ1) is 14.7. The number of rotatable bonds is 11. The average Bonchev–Trinajstić information content (AvgIpc) is 3.32. The van der Waals surface area contributed by atoms with Gasteiger partial charge in [0.05, 0.1) is 11.5 Å². The van der Waals surface area contributed by atoms with Crippen LogP contribution in [0, 0.1) is 11.8 Å². The number of nitrogens with zero attached hydrogens (tertiary/aromatic N) is 2. The van der Waals surface area contributed by atoms with Crippen LogP contribution in [-0.2, 0) is 19.1 Å². The Morgan fingerprint density at radius 2 is 2.03 bits per heavy atom. The maximum Gasteiger partial charge on any atom is 0.310 e. The molecule has 174 valence electrons. The van der Waals surface area contributed by atoms with Crippen LogP contribution in [0.3, 0.4) is 0 Å². The molecule has 3 saturated heterocycles. The summed E-state index contributed by atoms with van der Waals surface area (Å²) in [6.45, 7) is 10.3. The molecule has 0 radical (unpaired) electrons. The van der Waals surface area contributed by atoms with Gasteiger partial charge in [-0.1, -0.05) is 13.0 Å². The lowest BCUT2D eigenvalue weighted by molar-refractivity contribution is -0.158. The molecule has 0 aromatic carbocycles. The van der Waals surface area contributed by atoms with Crippen molar-refractivity contribution in [2.24, 2.45) is 11.8 Å². The second-order valence-electron chi connectivity index (χ2n) is 9.36. The fraction of sp³-hybridized carbons (Fsp3) is 0.783. The number of carboxylic acid groups (broad SMARTS) is 1. The fourth-order valence-electron chi connectivity index (χ4n) is 6.04. The summed E-state index contributed by atoms with van der Waals surface area (Å²) >= 11 is 0. The van der Waals surface area contributed by atoms with E-state index in [9.17, 15) is 19.5 Å². The van der Waals surface area contributed by atoms with Crippen LogP contribution in [0.1, 0.15) is 59.3 Å². The highest BCUT2D eigenvalue weighted by Gasteiger charge is 2.79. The quantitative estimate of drug-likeness (QED) is 0.378. The number of unbranched alkanes of at least 4 members (excludes halogenated alkanes) is 2. The number of aliphatic hydroxyl groups excluding tert-OH is 1. The van der Waals surface area contributed by atoms with Crippen molar-refractivity contribution >= 4 is 17.8 Å². The first-order valence-corrected chi connectivity index (χ1v) is 11.5. The summed E-state index contributed by atoms with van der Waals surface area (Å²) in [6.07, 6.45) is 5.18. The number of hydrogen-bond acceptors (Lipinski definition) is 5. The molecule has 1 spiro atoms. The van der Waals surface area contributed by atoms with E-state index < -0.39 is 35.0 Å². The van der Waals surface area contributed by atoms with Crippen molar-refractivity contribution in [3.8, 4) is 0 Å². The van der Waals surface area contributed by atoms with E-state index in [1.807, 2.05) is 20.8 Å². The van der Waals surface area contributed by atoms with Gasteiger partial charge < -0.3 is 24.7 Å². The topological polar surface area (TPSA) is 107 Å². The van der Waals surface area contributed by atoms with E-state index in [-0.39, 0.29) is 24.5 Å². The zero-order chi connectivity index (χ0) is 23.0. The largest absolute Gasteiger partial charge is 0.481 e. The second kappa shape index (κ2) is 8.90. The Morgan fingerprint density at radius 3 is 2.58 bits per heavy atom. The molecule has 2 amide bonds. The first kappa shape index (κ1) is 23.7. The van der Waals surface area contributed by atoms with Gasteiger partial charge in [0.2, 0.25) is 11.8 Å². The first-order valence-electron chi connectivity index (χ1n) is 11.5. The smallest absolute Gasteiger partial charge is 0.310 e. The molecule has 5 atom stereocenters. The van der Waals surface area contributed by atoms with Crippen molar-refractivity contribution in [1.29, 1.82) is 0 Å². The van der Waals surface area contributed by atoms with Gasteiger partial charge in [0.15, 0.2) is 0 Å². The zero-order valence-corrected chi connectivity index (χ0v) is 18.9. The van der Waals surface area contributed by atoms with Crippen molar-refractivity contribution in [2.45, 2.75) is 82.6 Å². The van der Waals surface area contributed by atoms with E-state index >= 15 is 0 Å². The van der Waals surface area contributed by atoms with Gasteiger partial charge in [-0.25, -0.2) is 0 Å². The van der Waals surface area contributed by atoms with Crippen LogP contribution >= 0.6 is 0 Å². The minimum absolute atomic E-state index is 0.0759. The minimum atomic E-state index is -1.10. The lowest BCUT2D eigenvalue weighted by Crippen LogP contribution is -2.57. The third kappa shape index (κ3) is 3.57. The molecule has 8 nitrogen and oxygen atoms in total. The van der Waals surface area contributed by atoms with Crippen LogP contribution in [0.4, 0.5) is 0 Å². The SMILES string of the molecule is C=CCN(C(=O)C1N(CCCCCO)C(=O)[C@@H]2[C@@H](C(=O)O)[C@@]3(CC)CCC12O3)C(C)C. The van der Waals surface area contributed by atoms with E-state index in [0.717, 1.165) is 6.42 Å². The van der Waals surface area contributed by atoms with Gasteiger partial charge in [-0.3, -0.25) is 14.4 Å². The Morgan fingerprint density at radius 1 is 1.32 bits per heavy atom. The number of amides is 2. The van der Waals surface area contributed by atoms with Crippen LogP contribution in [0.5, 0.6) is 0 Å². The number of carboxylic acids is 1. The van der Waals surface area contributed by atoms with Crippen LogP contribution in [0.25, 0.3) is 0 Å². The Labute approximate surface area is 184 Å². The molecule has 3 aliphatic rings. The molecular weight excluding hydrogens is 400 g/mol. The van der Waals surface area contributed by atoms with Crippen molar-refractivity contribution in [1.82, 2.24) is 9.80 Å². The average molecular weight is 437 g/mol. The van der Waals surface area contributed by atoms with Crippen LogP contribution in [0.15, 0.2) is 12.7 Å². The third-order valence-electron chi connectivity index (χ3n) is 7.47. The molecule has 8 heteroatoms. The predicted octanol–water partition coefficient (Wildman–Crippen LogP) is 1.81. The van der Waals surface area contributed by atoms with Crippen LogP contribution < -0.4 is 0 Å². The Balaban J connectivity index is 2.03. The summed E-state index contributed by atoms with van der Waals surface area (Å²) in [5, 5.41) is 19.1. The molecule has 3 fully saturated rings. The van der Waals surface area contributed by atoms with Gasteiger partial charge >= 0.3 is 5.97 Å². The van der Waals surface area contributed by atoms with E-state index in [4.69, 9.17) is 9.84 Å². The summed E-state index contributed by atoms with van der Waals surface area (Å²) in [5.74, 6) is -3.30. The molecule has 0 saturated carbocycles. The van der Waals surface area contributed by atoms with Gasteiger partial charge in [0.25, 0.3) is 0 Å². The number of aliphatic hydroxyl groups is 1. The Bertz CT molecular complexity index is 740. The van der Waals surface area contributed by atoms with Gasteiger partial charge in [0, 0.05) is 25.7 Å². The molecule has 3 rings (SSSR count). The summed E-state index contributed by atoms with van der Waals surface area (Å²) in [5.41, 5.74) is -1.99. The van der Waals surface area contributed by atoms with Crippen molar-refractivity contribution in [3.05, 3.63) is 12.7 Å². The van der Waals surface area contributed by atoms with Gasteiger partial charge in [0.1, 0.15) is 17.6 Å². The molecule has 3 aliphatic heterocycles. The van der Waals surface area contributed by atoms with Crippen LogP contribution in [0.2, 0.25) is 0 Å². The predicted molar refractivity (Wildman–Crippen MR) is 114 cm³/mol. The number of ether oxygens (including phenoxy) is 1.